The third kappa shape index (κ3) is 3.69. The summed E-state index contributed by atoms with van der Waals surface area (Å²) in [4.78, 5) is 4.84. The van der Waals surface area contributed by atoms with Crippen LogP contribution in [0.4, 0.5) is 0 Å². The summed E-state index contributed by atoms with van der Waals surface area (Å²) in [5, 5.41) is 0. The molecule has 0 spiro atoms. The summed E-state index contributed by atoms with van der Waals surface area (Å²) in [6.45, 7) is 13.0. The van der Waals surface area contributed by atoms with E-state index in [1.54, 1.807) is 0 Å². The van der Waals surface area contributed by atoms with Gasteiger partial charge in [-0.1, -0.05) is 54.1 Å². The topological polar surface area (TPSA) is 12.4 Å². The minimum atomic E-state index is 0.664. The van der Waals surface area contributed by atoms with Crippen molar-refractivity contribution in [3.8, 4) is 0 Å². The number of aryl methyl sites for hydroxylation is 3. The van der Waals surface area contributed by atoms with Gasteiger partial charge in [-0.05, 0) is 44.9 Å². The summed E-state index contributed by atoms with van der Waals surface area (Å²) in [7, 11) is 0. The van der Waals surface area contributed by atoms with E-state index in [1.807, 2.05) is 6.92 Å². The molecule has 0 fully saturated rings. The third-order valence-electron chi connectivity index (χ3n) is 3.56. The molecular weight excluding hydrogens is 254 g/mol. The quantitative estimate of drug-likeness (QED) is 0.549. The molecule has 0 aliphatic heterocycles. The first-order valence-corrected chi connectivity index (χ1v) is 7.31. The summed E-state index contributed by atoms with van der Waals surface area (Å²) >= 11 is 0. The average molecular weight is 277 g/mol. The fourth-order valence-corrected chi connectivity index (χ4v) is 2.36. The predicted octanol–water partition coefficient (Wildman–Crippen LogP) is 5.03. The molecule has 1 heteroatoms. The van der Waals surface area contributed by atoms with Crippen LogP contribution in [0.3, 0.4) is 0 Å². The lowest BCUT2D eigenvalue weighted by molar-refractivity contribution is 1.14. The monoisotopic (exact) mass is 277 g/mol. The SMILES string of the molecule is C=C(C)CN=C(c1ccccc1C)c1cc(C)ccc1C. The lowest BCUT2D eigenvalue weighted by Crippen LogP contribution is -2.09. The Morgan fingerprint density at radius 3 is 2.29 bits per heavy atom. The van der Waals surface area contributed by atoms with Crippen LogP contribution in [0.5, 0.6) is 0 Å². The molecule has 0 aliphatic rings. The van der Waals surface area contributed by atoms with Crippen LogP contribution in [0.2, 0.25) is 0 Å². The Bertz CT molecular complexity index is 693. The summed E-state index contributed by atoms with van der Waals surface area (Å²) in [6.07, 6.45) is 0. The van der Waals surface area contributed by atoms with Gasteiger partial charge in [0.25, 0.3) is 0 Å². The van der Waals surface area contributed by atoms with Crippen LogP contribution in [-0.2, 0) is 0 Å². The third-order valence-corrected chi connectivity index (χ3v) is 3.56. The van der Waals surface area contributed by atoms with Crippen LogP contribution in [0.25, 0.3) is 0 Å². The first-order valence-electron chi connectivity index (χ1n) is 7.31. The van der Waals surface area contributed by atoms with Crippen LogP contribution >= 0.6 is 0 Å². The zero-order chi connectivity index (χ0) is 15.4. The van der Waals surface area contributed by atoms with Gasteiger partial charge >= 0.3 is 0 Å². The van der Waals surface area contributed by atoms with Gasteiger partial charge in [0.05, 0.1) is 12.3 Å². The Balaban J connectivity index is 2.62. The molecule has 0 bridgehead atoms. The summed E-state index contributed by atoms with van der Waals surface area (Å²) in [5.74, 6) is 0. The first-order chi connectivity index (χ1) is 9.99. The highest BCUT2D eigenvalue weighted by Gasteiger charge is 2.12. The number of hydrogen-bond acceptors (Lipinski definition) is 1. The lowest BCUT2D eigenvalue weighted by Gasteiger charge is -2.14. The largest absolute Gasteiger partial charge is 0.280 e. The minimum absolute atomic E-state index is 0.664. The summed E-state index contributed by atoms with van der Waals surface area (Å²) in [5.41, 5.74) is 8.32. The average Bonchev–Trinajstić information content (AvgIpc) is 2.44. The summed E-state index contributed by atoms with van der Waals surface area (Å²) in [6, 6.07) is 15.0. The van der Waals surface area contributed by atoms with Crippen molar-refractivity contribution in [1.29, 1.82) is 0 Å². The second-order valence-electron chi connectivity index (χ2n) is 5.76. The molecule has 0 unspecified atom stereocenters. The Hall–Kier alpha value is -2.15. The molecule has 0 atom stereocenters. The van der Waals surface area contributed by atoms with Crippen LogP contribution < -0.4 is 0 Å². The second kappa shape index (κ2) is 6.53. The highest BCUT2D eigenvalue weighted by Crippen LogP contribution is 2.19. The molecule has 0 radical (unpaired) electrons. The molecule has 2 aromatic rings. The molecule has 2 aromatic carbocycles. The molecule has 0 aliphatic carbocycles. The van der Waals surface area contributed by atoms with E-state index in [0.717, 1.165) is 11.3 Å². The van der Waals surface area contributed by atoms with E-state index in [-0.39, 0.29) is 0 Å². The van der Waals surface area contributed by atoms with Gasteiger partial charge in [-0.3, -0.25) is 4.99 Å². The Morgan fingerprint density at radius 1 is 0.952 bits per heavy atom. The molecule has 0 heterocycles. The maximum atomic E-state index is 4.84. The fourth-order valence-electron chi connectivity index (χ4n) is 2.36. The van der Waals surface area contributed by atoms with Crippen molar-refractivity contribution in [3.05, 3.63) is 82.4 Å². The van der Waals surface area contributed by atoms with Crippen molar-refractivity contribution in [1.82, 2.24) is 0 Å². The number of nitrogens with zero attached hydrogens (tertiary/aromatic N) is 1. The molecule has 21 heavy (non-hydrogen) atoms. The number of benzene rings is 2. The smallest absolute Gasteiger partial charge is 0.0728 e. The lowest BCUT2D eigenvalue weighted by atomic mass is 9.94. The zero-order valence-electron chi connectivity index (χ0n) is 13.4. The maximum Gasteiger partial charge on any atom is 0.0728 e. The summed E-state index contributed by atoms with van der Waals surface area (Å²) < 4.78 is 0. The van der Waals surface area contributed by atoms with Crippen molar-refractivity contribution >= 4 is 5.71 Å². The van der Waals surface area contributed by atoms with Crippen molar-refractivity contribution in [2.24, 2.45) is 4.99 Å². The zero-order valence-corrected chi connectivity index (χ0v) is 13.4. The van der Waals surface area contributed by atoms with E-state index < -0.39 is 0 Å². The standard InChI is InChI=1S/C20H23N/c1-14(2)13-21-20(18-9-7-6-8-16(18)4)19-12-15(3)10-11-17(19)5/h6-12H,1,13H2,2-5H3. The first kappa shape index (κ1) is 15.2. The van der Waals surface area contributed by atoms with E-state index in [2.05, 4.69) is 69.8 Å². The van der Waals surface area contributed by atoms with Gasteiger partial charge in [-0.2, -0.15) is 0 Å². The second-order valence-corrected chi connectivity index (χ2v) is 5.76. The van der Waals surface area contributed by atoms with Gasteiger partial charge in [0.2, 0.25) is 0 Å². The number of rotatable bonds is 4. The molecule has 2 rings (SSSR count). The molecular formula is C20H23N. The fraction of sp³-hybridized carbons (Fsp3) is 0.250. The molecule has 1 nitrogen and oxygen atoms in total. The van der Waals surface area contributed by atoms with Gasteiger partial charge in [-0.25, -0.2) is 0 Å². The highest BCUT2D eigenvalue weighted by molar-refractivity contribution is 6.14. The van der Waals surface area contributed by atoms with Crippen LogP contribution in [-0.4, -0.2) is 12.3 Å². The Labute approximate surface area is 128 Å². The van der Waals surface area contributed by atoms with Gasteiger partial charge in [0, 0.05) is 11.1 Å². The number of aliphatic imine (C=N–C) groups is 1. The van der Waals surface area contributed by atoms with Gasteiger partial charge in [0.1, 0.15) is 0 Å². The molecule has 108 valence electrons. The van der Waals surface area contributed by atoms with Gasteiger partial charge in [0.15, 0.2) is 0 Å². The van der Waals surface area contributed by atoms with Crippen LogP contribution in [0.15, 0.2) is 59.6 Å². The highest BCUT2D eigenvalue weighted by atomic mass is 14.7. The van der Waals surface area contributed by atoms with E-state index in [1.165, 1.54) is 27.8 Å². The predicted molar refractivity (Wildman–Crippen MR) is 92.4 cm³/mol. The minimum Gasteiger partial charge on any atom is -0.280 e. The van der Waals surface area contributed by atoms with Crippen LogP contribution in [0.1, 0.15) is 34.7 Å². The molecule has 0 amide bonds. The van der Waals surface area contributed by atoms with E-state index >= 15 is 0 Å². The molecule has 0 saturated heterocycles. The van der Waals surface area contributed by atoms with Crippen molar-refractivity contribution in [2.45, 2.75) is 27.7 Å². The van der Waals surface area contributed by atoms with E-state index in [9.17, 15) is 0 Å². The molecule has 0 saturated carbocycles. The van der Waals surface area contributed by atoms with Crippen molar-refractivity contribution < 1.29 is 0 Å². The van der Waals surface area contributed by atoms with Crippen molar-refractivity contribution in [3.63, 3.8) is 0 Å². The maximum absolute atomic E-state index is 4.84. The van der Waals surface area contributed by atoms with Gasteiger partial charge in [-0.15, -0.1) is 0 Å². The van der Waals surface area contributed by atoms with Crippen molar-refractivity contribution in [2.75, 3.05) is 6.54 Å². The Morgan fingerprint density at radius 2 is 1.62 bits per heavy atom. The van der Waals surface area contributed by atoms with E-state index in [4.69, 9.17) is 4.99 Å². The number of hydrogen-bond donors (Lipinski definition) is 0. The Kier molecular flexibility index (Phi) is 4.74. The van der Waals surface area contributed by atoms with E-state index in [0.29, 0.717) is 6.54 Å². The molecule has 0 aromatic heterocycles. The van der Waals surface area contributed by atoms with Gasteiger partial charge < -0.3 is 0 Å². The molecule has 0 N–H and O–H groups in total. The van der Waals surface area contributed by atoms with Crippen LogP contribution in [0, 0.1) is 20.8 Å². The normalized spacial score (nSPS) is 11.5.